The highest BCUT2D eigenvalue weighted by atomic mass is 35.5. The van der Waals surface area contributed by atoms with E-state index in [-0.39, 0.29) is 5.97 Å². The molecule has 2 heterocycles. The zero-order valence-corrected chi connectivity index (χ0v) is 20.6. The Hall–Kier alpha value is -2.62. The molecule has 10 heteroatoms. The van der Waals surface area contributed by atoms with Crippen LogP contribution in [0.2, 0.25) is 5.02 Å². The number of thiophene rings is 1. The molecule has 0 saturated heterocycles. The fourth-order valence-corrected chi connectivity index (χ4v) is 5.05. The number of nitrogens with one attached hydrogen (secondary N) is 2. The number of rotatable bonds is 7. The summed E-state index contributed by atoms with van der Waals surface area (Å²) >= 11 is 7.23. The van der Waals surface area contributed by atoms with Gasteiger partial charge in [-0.3, -0.25) is 19.8 Å². The van der Waals surface area contributed by atoms with Gasteiger partial charge in [0, 0.05) is 35.1 Å². The lowest BCUT2D eigenvalue weighted by Crippen LogP contribution is -2.32. The average Bonchev–Trinajstić information content (AvgIpc) is 3.05. The third kappa shape index (κ3) is 7.18. The zero-order chi connectivity index (χ0) is 24.2. The Kier molecular flexibility index (Phi) is 7.99. The summed E-state index contributed by atoms with van der Waals surface area (Å²) in [4.78, 5) is 39.8. The summed E-state index contributed by atoms with van der Waals surface area (Å²) < 4.78 is 5.35. The van der Waals surface area contributed by atoms with Gasteiger partial charge in [-0.15, -0.1) is 11.3 Å². The van der Waals surface area contributed by atoms with Gasteiger partial charge < -0.3 is 15.8 Å². The molecule has 1 aliphatic rings. The Balaban J connectivity index is 1.61. The molecule has 0 atom stereocenters. The lowest BCUT2D eigenvalue weighted by molar-refractivity contribution is -0.155. The van der Waals surface area contributed by atoms with E-state index in [1.54, 1.807) is 24.3 Å². The molecule has 0 unspecified atom stereocenters. The van der Waals surface area contributed by atoms with Crippen LogP contribution in [0.25, 0.3) is 0 Å². The monoisotopic (exact) mass is 492 g/mol. The Morgan fingerprint density at radius 2 is 1.88 bits per heavy atom. The molecule has 178 valence electrons. The van der Waals surface area contributed by atoms with Crippen molar-refractivity contribution in [3.8, 4) is 0 Å². The predicted octanol–water partition coefficient (Wildman–Crippen LogP) is 4.62. The van der Waals surface area contributed by atoms with Gasteiger partial charge in [0.2, 0.25) is 0 Å². The summed E-state index contributed by atoms with van der Waals surface area (Å²) in [5.74, 6) is -0.766. The zero-order valence-electron chi connectivity index (χ0n) is 19.0. The molecule has 2 aromatic rings. The van der Waals surface area contributed by atoms with E-state index in [0.717, 1.165) is 23.5 Å². The number of benzene rings is 1. The molecule has 0 saturated carbocycles. The molecule has 0 bridgehead atoms. The highest BCUT2D eigenvalue weighted by Crippen LogP contribution is 2.37. The topological polar surface area (TPSA) is 114 Å². The van der Waals surface area contributed by atoms with Crippen molar-refractivity contribution in [1.82, 2.24) is 4.90 Å². The Labute approximate surface area is 202 Å². The summed E-state index contributed by atoms with van der Waals surface area (Å²) in [5, 5.41) is 6.49. The first-order valence-electron chi connectivity index (χ1n) is 10.7. The van der Waals surface area contributed by atoms with Crippen LogP contribution in [0.15, 0.2) is 24.3 Å². The maximum atomic E-state index is 12.5. The van der Waals surface area contributed by atoms with E-state index in [4.69, 9.17) is 22.1 Å². The first-order valence-corrected chi connectivity index (χ1v) is 11.9. The molecule has 0 fully saturated rings. The van der Waals surface area contributed by atoms with E-state index < -0.39 is 17.5 Å². The van der Waals surface area contributed by atoms with Crippen LogP contribution in [-0.4, -0.2) is 41.5 Å². The number of anilines is 2. The number of halogens is 1. The molecule has 3 rings (SSSR count). The van der Waals surface area contributed by atoms with Gasteiger partial charge in [-0.05, 0) is 70.0 Å². The van der Waals surface area contributed by atoms with Crippen LogP contribution in [0.1, 0.15) is 54.4 Å². The average molecular weight is 493 g/mol. The van der Waals surface area contributed by atoms with E-state index in [1.807, 2.05) is 20.8 Å². The van der Waals surface area contributed by atoms with Crippen molar-refractivity contribution in [2.45, 2.75) is 52.2 Å². The van der Waals surface area contributed by atoms with Crippen LogP contribution in [0.3, 0.4) is 0 Å². The molecule has 0 aliphatic carbocycles. The quantitative estimate of drug-likeness (QED) is 0.488. The molecular formula is C23H29ClN4O4S. The number of esters is 1. The molecule has 4 N–H and O–H groups in total. The predicted molar refractivity (Wildman–Crippen MR) is 131 cm³/mol. The lowest BCUT2D eigenvalue weighted by atomic mass is 10.0. The van der Waals surface area contributed by atoms with Crippen LogP contribution in [0.5, 0.6) is 0 Å². The number of hydrogen-bond acceptors (Lipinski definition) is 6. The van der Waals surface area contributed by atoms with Gasteiger partial charge in [0.05, 0.1) is 5.56 Å². The van der Waals surface area contributed by atoms with E-state index >= 15 is 0 Å². The number of carbonyl (C=O) groups excluding carboxylic acids is 3. The van der Waals surface area contributed by atoms with Crippen molar-refractivity contribution in [2.75, 3.05) is 23.7 Å². The number of ether oxygens (including phenoxy) is 1. The van der Waals surface area contributed by atoms with Crippen LogP contribution in [0, 0.1) is 0 Å². The molecule has 8 nitrogen and oxygen atoms in total. The number of primary amides is 1. The SMILES string of the molecule is CC(C)(C)OC(=O)CCCN1CCc2c(sc(NC(=O)Nc3ccc(Cl)cc3)c2C(N)=O)C1. The van der Waals surface area contributed by atoms with E-state index in [1.165, 1.54) is 11.3 Å². The number of fused-ring (bicyclic) bond motifs is 1. The number of amides is 3. The van der Waals surface area contributed by atoms with Crippen molar-refractivity contribution in [3.05, 3.63) is 45.3 Å². The Bertz CT molecular complexity index is 1030. The smallest absolute Gasteiger partial charge is 0.324 e. The minimum Gasteiger partial charge on any atom is -0.460 e. The maximum absolute atomic E-state index is 12.5. The first kappa shape index (κ1) is 25.0. The highest BCUT2D eigenvalue weighted by molar-refractivity contribution is 7.17. The maximum Gasteiger partial charge on any atom is 0.324 e. The highest BCUT2D eigenvalue weighted by Gasteiger charge is 2.28. The van der Waals surface area contributed by atoms with Gasteiger partial charge in [0.15, 0.2) is 0 Å². The number of nitrogens with two attached hydrogens (primary N) is 1. The van der Waals surface area contributed by atoms with Gasteiger partial charge in [-0.1, -0.05) is 11.6 Å². The van der Waals surface area contributed by atoms with Crippen LogP contribution < -0.4 is 16.4 Å². The van der Waals surface area contributed by atoms with Crippen LogP contribution in [0.4, 0.5) is 15.5 Å². The van der Waals surface area contributed by atoms with Crippen molar-refractivity contribution >= 4 is 51.5 Å². The summed E-state index contributed by atoms with van der Waals surface area (Å²) in [6.07, 6.45) is 1.69. The van der Waals surface area contributed by atoms with Crippen molar-refractivity contribution in [2.24, 2.45) is 5.73 Å². The second kappa shape index (κ2) is 10.5. The van der Waals surface area contributed by atoms with Gasteiger partial charge >= 0.3 is 12.0 Å². The van der Waals surface area contributed by atoms with Gasteiger partial charge in [0.1, 0.15) is 10.6 Å². The van der Waals surface area contributed by atoms with Crippen molar-refractivity contribution in [3.63, 3.8) is 0 Å². The summed E-state index contributed by atoms with van der Waals surface area (Å²) in [5.41, 5.74) is 6.99. The lowest BCUT2D eigenvalue weighted by Gasteiger charge is -2.27. The number of hydrogen-bond donors (Lipinski definition) is 3. The molecule has 1 aromatic carbocycles. The molecule has 33 heavy (non-hydrogen) atoms. The van der Waals surface area contributed by atoms with Crippen molar-refractivity contribution < 1.29 is 19.1 Å². The Morgan fingerprint density at radius 1 is 1.18 bits per heavy atom. The third-order valence-electron chi connectivity index (χ3n) is 4.99. The normalized spacial score (nSPS) is 13.8. The standard InChI is InChI=1S/C23H29ClN4O4S/c1-23(2,3)32-18(29)5-4-11-28-12-10-16-17(13-28)33-21(19(16)20(25)30)27-22(31)26-15-8-6-14(24)7-9-15/h6-9H,4-5,10-13H2,1-3H3,(H2,25,30)(H2,26,27,31). The minimum absolute atomic E-state index is 0.203. The second-order valence-corrected chi connectivity index (χ2v) is 10.4. The molecule has 0 radical (unpaired) electrons. The minimum atomic E-state index is -0.562. The first-order chi connectivity index (χ1) is 15.5. The van der Waals surface area contributed by atoms with Gasteiger partial charge in [0.25, 0.3) is 5.91 Å². The van der Waals surface area contributed by atoms with Gasteiger partial charge in [-0.2, -0.15) is 0 Å². The van der Waals surface area contributed by atoms with E-state index in [9.17, 15) is 14.4 Å². The van der Waals surface area contributed by atoms with E-state index in [0.29, 0.717) is 47.1 Å². The van der Waals surface area contributed by atoms with Crippen LogP contribution in [-0.2, 0) is 22.5 Å². The second-order valence-electron chi connectivity index (χ2n) is 8.87. The molecular weight excluding hydrogens is 464 g/mol. The largest absolute Gasteiger partial charge is 0.460 e. The number of carbonyl (C=O) groups is 3. The molecule has 1 aromatic heterocycles. The molecule has 1 aliphatic heterocycles. The third-order valence-corrected chi connectivity index (χ3v) is 6.37. The fraction of sp³-hybridized carbons (Fsp3) is 0.435. The number of nitrogens with zero attached hydrogens (tertiary/aromatic N) is 1. The Morgan fingerprint density at radius 3 is 2.52 bits per heavy atom. The van der Waals surface area contributed by atoms with Crippen molar-refractivity contribution in [1.29, 1.82) is 0 Å². The fourth-order valence-electron chi connectivity index (χ4n) is 3.63. The van der Waals surface area contributed by atoms with E-state index in [2.05, 4.69) is 15.5 Å². The van der Waals surface area contributed by atoms with Crippen LogP contribution >= 0.6 is 22.9 Å². The molecule has 3 amide bonds. The molecule has 0 spiro atoms. The number of urea groups is 1. The summed E-state index contributed by atoms with van der Waals surface area (Å²) in [6, 6.07) is 6.25. The summed E-state index contributed by atoms with van der Waals surface area (Å²) in [7, 11) is 0. The summed E-state index contributed by atoms with van der Waals surface area (Å²) in [6.45, 7) is 7.68. The van der Waals surface area contributed by atoms with Gasteiger partial charge in [-0.25, -0.2) is 4.79 Å².